The summed E-state index contributed by atoms with van der Waals surface area (Å²) in [5.74, 6) is 0.473. The van der Waals surface area contributed by atoms with Crippen molar-refractivity contribution in [2.75, 3.05) is 12.3 Å². The van der Waals surface area contributed by atoms with Gasteiger partial charge in [0, 0.05) is 11.3 Å². The molecule has 2 aromatic rings. The first-order chi connectivity index (χ1) is 12.2. The lowest BCUT2D eigenvalue weighted by atomic mass is 9.96. The van der Waals surface area contributed by atoms with E-state index < -0.39 is 18.4 Å². The minimum Gasteiger partial charge on any atom is -0.473 e. The van der Waals surface area contributed by atoms with Crippen LogP contribution in [-0.2, 0) is 4.74 Å². The van der Waals surface area contributed by atoms with Gasteiger partial charge in [0.05, 0.1) is 25.1 Å². The van der Waals surface area contributed by atoms with Gasteiger partial charge in [-0.15, -0.1) is 0 Å². The van der Waals surface area contributed by atoms with E-state index in [4.69, 9.17) is 20.7 Å². The Bertz CT molecular complexity index is 829. The zero-order valence-corrected chi connectivity index (χ0v) is 13.4. The molecule has 1 aliphatic carbocycles. The quantitative estimate of drug-likeness (QED) is 0.469. The van der Waals surface area contributed by atoms with E-state index in [9.17, 15) is 5.11 Å². The van der Waals surface area contributed by atoms with Crippen LogP contribution in [0.4, 0.5) is 5.95 Å². The highest BCUT2D eigenvalue weighted by Gasteiger charge is 2.36. The highest BCUT2D eigenvalue weighted by Crippen LogP contribution is 2.36. The molecule has 0 spiro atoms. The number of nitrogens with zero attached hydrogens (tertiary/aromatic N) is 7. The van der Waals surface area contributed by atoms with Crippen LogP contribution in [0.1, 0.15) is 31.9 Å². The lowest BCUT2D eigenvalue weighted by molar-refractivity contribution is -0.0233. The molecule has 3 atom stereocenters. The molecule has 1 saturated heterocycles. The van der Waals surface area contributed by atoms with Gasteiger partial charge in [0.2, 0.25) is 11.8 Å². The maximum Gasteiger partial charge on any atom is 0.245 e. The number of hydrogen-bond acceptors (Lipinski definition) is 8. The Balaban J connectivity index is 1.71. The summed E-state index contributed by atoms with van der Waals surface area (Å²) < 4.78 is 13.5. The first-order valence-corrected chi connectivity index (χ1v) is 8.17. The number of fused-ring (bicyclic) bond motifs is 1. The van der Waals surface area contributed by atoms with Crippen LogP contribution in [0, 0.1) is 0 Å². The number of aromatic nitrogens is 4. The van der Waals surface area contributed by atoms with E-state index in [2.05, 4.69) is 25.0 Å². The summed E-state index contributed by atoms with van der Waals surface area (Å²) >= 11 is 0. The molecule has 11 nitrogen and oxygen atoms in total. The Morgan fingerprint density at radius 2 is 2.32 bits per heavy atom. The molecule has 0 bridgehead atoms. The molecule has 0 radical (unpaired) electrons. The number of azide groups is 1. The Labute approximate surface area is 142 Å². The summed E-state index contributed by atoms with van der Waals surface area (Å²) in [5.41, 5.74) is 15.4. The van der Waals surface area contributed by atoms with Crippen LogP contribution < -0.4 is 10.5 Å². The Hall–Kier alpha value is -2.62. The highest BCUT2D eigenvalue weighted by atomic mass is 16.5. The van der Waals surface area contributed by atoms with Crippen molar-refractivity contribution < 1.29 is 14.6 Å². The van der Waals surface area contributed by atoms with Crippen LogP contribution >= 0.6 is 0 Å². The van der Waals surface area contributed by atoms with Gasteiger partial charge in [0.15, 0.2) is 11.2 Å². The van der Waals surface area contributed by atoms with Crippen molar-refractivity contribution in [1.29, 1.82) is 0 Å². The second-order valence-electron chi connectivity index (χ2n) is 6.20. The third-order valence-electron chi connectivity index (χ3n) is 4.64. The van der Waals surface area contributed by atoms with Crippen molar-refractivity contribution in [2.24, 2.45) is 5.11 Å². The summed E-state index contributed by atoms with van der Waals surface area (Å²) in [6, 6.07) is -0.455. The number of aliphatic hydroxyl groups is 1. The fraction of sp³-hybridized carbons (Fsp3) is 0.643. The molecule has 0 unspecified atom stereocenters. The molecule has 1 aliphatic heterocycles. The number of rotatable bonds is 5. The second-order valence-corrected chi connectivity index (χ2v) is 6.20. The second kappa shape index (κ2) is 6.36. The first-order valence-electron chi connectivity index (χ1n) is 8.17. The fourth-order valence-corrected chi connectivity index (χ4v) is 3.11. The summed E-state index contributed by atoms with van der Waals surface area (Å²) in [6.45, 7) is -0.234. The summed E-state index contributed by atoms with van der Waals surface area (Å²) in [7, 11) is 0. The van der Waals surface area contributed by atoms with E-state index in [-0.39, 0.29) is 18.7 Å². The monoisotopic (exact) mass is 346 g/mol. The lowest BCUT2D eigenvalue weighted by Gasteiger charge is -2.26. The number of nitrogen functional groups attached to an aromatic ring is 1. The molecule has 1 saturated carbocycles. The Morgan fingerprint density at radius 1 is 1.48 bits per heavy atom. The predicted molar refractivity (Wildman–Crippen MR) is 86.5 cm³/mol. The van der Waals surface area contributed by atoms with Gasteiger partial charge in [-0.25, -0.2) is 4.98 Å². The molecule has 2 aromatic heterocycles. The van der Waals surface area contributed by atoms with Gasteiger partial charge < -0.3 is 20.3 Å². The van der Waals surface area contributed by atoms with E-state index >= 15 is 0 Å². The molecule has 132 valence electrons. The van der Waals surface area contributed by atoms with Crippen molar-refractivity contribution in [3.63, 3.8) is 0 Å². The van der Waals surface area contributed by atoms with Crippen molar-refractivity contribution >= 4 is 17.1 Å². The van der Waals surface area contributed by atoms with Crippen molar-refractivity contribution in [1.82, 2.24) is 19.5 Å². The molecule has 25 heavy (non-hydrogen) atoms. The maximum absolute atomic E-state index is 9.44. The molecule has 0 amide bonds. The van der Waals surface area contributed by atoms with Crippen molar-refractivity contribution in [3.05, 3.63) is 16.8 Å². The molecule has 4 rings (SSSR count). The number of aliphatic hydroxyl groups excluding tert-OH is 1. The average Bonchev–Trinajstić information content (AvgIpc) is 3.14. The highest BCUT2D eigenvalue weighted by molar-refractivity contribution is 5.78. The van der Waals surface area contributed by atoms with Gasteiger partial charge in [-0.1, -0.05) is 5.11 Å². The third-order valence-corrected chi connectivity index (χ3v) is 4.64. The van der Waals surface area contributed by atoms with E-state index in [0.717, 1.165) is 19.3 Å². The molecule has 2 fully saturated rings. The lowest BCUT2D eigenvalue weighted by Crippen LogP contribution is -2.25. The predicted octanol–water partition coefficient (Wildman–Crippen LogP) is 1.30. The summed E-state index contributed by atoms with van der Waals surface area (Å²) in [5, 5.41) is 13.1. The SMILES string of the molecule is [N-]=[N+]=N[C@H]1C[C@H](n2cnc3nc(N)nc(OC4CCC4)c32)O[C@@H]1CO. The van der Waals surface area contributed by atoms with Gasteiger partial charge in [0.1, 0.15) is 12.3 Å². The van der Waals surface area contributed by atoms with Gasteiger partial charge in [-0.2, -0.15) is 9.97 Å². The molecule has 11 heteroatoms. The van der Waals surface area contributed by atoms with Crippen molar-refractivity contribution in [2.45, 2.75) is 50.2 Å². The summed E-state index contributed by atoms with van der Waals surface area (Å²) in [6.07, 6.45) is 4.16. The van der Waals surface area contributed by atoms with E-state index in [1.165, 1.54) is 0 Å². The van der Waals surface area contributed by atoms with Gasteiger partial charge in [-0.3, -0.25) is 4.57 Å². The Kier molecular flexibility index (Phi) is 4.04. The molecule has 3 N–H and O–H groups in total. The molecule has 2 aliphatic rings. The smallest absolute Gasteiger partial charge is 0.245 e. The molecular formula is C14H18N8O3. The van der Waals surface area contributed by atoms with Gasteiger partial charge in [-0.05, 0) is 24.8 Å². The number of anilines is 1. The van der Waals surface area contributed by atoms with E-state index in [1.807, 2.05) is 0 Å². The van der Waals surface area contributed by atoms with Gasteiger partial charge >= 0.3 is 0 Å². The van der Waals surface area contributed by atoms with E-state index in [0.29, 0.717) is 23.5 Å². The van der Waals surface area contributed by atoms with Crippen LogP contribution in [0.5, 0.6) is 5.88 Å². The molecule has 3 heterocycles. The van der Waals surface area contributed by atoms with E-state index in [1.54, 1.807) is 10.9 Å². The largest absolute Gasteiger partial charge is 0.473 e. The number of ether oxygens (including phenoxy) is 2. The molecule has 0 aromatic carbocycles. The number of nitrogens with two attached hydrogens (primary N) is 1. The van der Waals surface area contributed by atoms with Crippen LogP contribution in [-0.4, -0.2) is 49.5 Å². The maximum atomic E-state index is 9.44. The first kappa shape index (κ1) is 15.9. The third kappa shape index (κ3) is 2.82. The molecular weight excluding hydrogens is 328 g/mol. The minimum absolute atomic E-state index is 0.0969. The van der Waals surface area contributed by atoms with Crippen LogP contribution in [0.3, 0.4) is 0 Å². The summed E-state index contributed by atoms with van der Waals surface area (Å²) in [4.78, 5) is 15.4. The standard InChI is InChI=1S/C14H18N8O3/c15-14-18-12-11(13(19-14)24-7-2-1-3-7)22(6-17-12)10-4-8(20-21-16)9(5-23)25-10/h6-10,23H,1-5H2,(H2,15,18,19)/t8-,9+,10+/m0/s1. The fourth-order valence-electron chi connectivity index (χ4n) is 3.11. The number of imidazole rings is 1. The zero-order valence-electron chi connectivity index (χ0n) is 13.4. The topological polar surface area (TPSA) is 157 Å². The Morgan fingerprint density at radius 3 is 3.00 bits per heavy atom. The minimum atomic E-state index is -0.566. The van der Waals surface area contributed by atoms with Crippen molar-refractivity contribution in [3.8, 4) is 5.88 Å². The number of hydrogen-bond donors (Lipinski definition) is 2. The van der Waals surface area contributed by atoms with Gasteiger partial charge in [0.25, 0.3) is 0 Å². The van der Waals surface area contributed by atoms with Crippen LogP contribution in [0.15, 0.2) is 11.4 Å². The van der Waals surface area contributed by atoms with Crippen LogP contribution in [0.2, 0.25) is 0 Å². The zero-order chi connectivity index (χ0) is 17.4. The normalized spacial score (nSPS) is 26.4. The average molecular weight is 346 g/mol. The van der Waals surface area contributed by atoms with Crippen LogP contribution in [0.25, 0.3) is 21.6 Å².